The molecule has 0 aromatic heterocycles. The van der Waals surface area contributed by atoms with Gasteiger partial charge >= 0.3 is 0 Å². The van der Waals surface area contributed by atoms with Crippen LogP contribution in [0.5, 0.6) is 0 Å². The summed E-state index contributed by atoms with van der Waals surface area (Å²) >= 11 is 3.43. The number of ether oxygens (including phenoxy) is 2. The standard InChI is InChI=1S/C12H18BrNO2/c1-15-7-3-8-16-9-6-14-12-5-2-4-11(13)10-12/h2,4-5,10,14H,3,6-9H2,1H3. The van der Waals surface area contributed by atoms with Gasteiger partial charge in [0.25, 0.3) is 0 Å². The van der Waals surface area contributed by atoms with E-state index in [0.717, 1.165) is 42.9 Å². The Hall–Kier alpha value is -0.580. The smallest absolute Gasteiger partial charge is 0.0639 e. The zero-order valence-electron chi connectivity index (χ0n) is 9.54. The average Bonchev–Trinajstić information content (AvgIpc) is 2.28. The van der Waals surface area contributed by atoms with Crippen molar-refractivity contribution in [2.75, 3.05) is 38.8 Å². The van der Waals surface area contributed by atoms with Crippen molar-refractivity contribution in [1.82, 2.24) is 0 Å². The monoisotopic (exact) mass is 287 g/mol. The van der Waals surface area contributed by atoms with Gasteiger partial charge in [0, 0.05) is 37.0 Å². The first kappa shape index (κ1) is 13.5. The van der Waals surface area contributed by atoms with Crippen molar-refractivity contribution >= 4 is 21.6 Å². The molecule has 0 atom stereocenters. The van der Waals surface area contributed by atoms with Crippen LogP contribution in [-0.4, -0.2) is 33.5 Å². The van der Waals surface area contributed by atoms with Gasteiger partial charge in [-0.25, -0.2) is 0 Å². The van der Waals surface area contributed by atoms with E-state index in [1.165, 1.54) is 0 Å². The summed E-state index contributed by atoms with van der Waals surface area (Å²) in [6.45, 7) is 3.06. The van der Waals surface area contributed by atoms with E-state index in [2.05, 4.69) is 21.2 Å². The third kappa shape index (κ3) is 6.10. The van der Waals surface area contributed by atoms with E-state index in [1.807, 2.05) is 24.3 Å². The average molecular weight is 288 g/mol. The zero-order chi connectivity index (χ0) is 11.6. The summed E-state index contributed by atoms with van der Waals surface area (Å²) in [5, 5.41) is 3.29. The molecule has 0 amide bonds. The molecule has 0 radical (unpaired) electrons. The molecule has 1 aromatic carbocycles. The number of rotatable bonds is 8. The molecule has 0 aliphatic heterocycles. The maximum atomic E-state index is 5.43. The number of benzene rings is 1. The third-order valence-corrected chi connectivity index (χ3v) is 2.53. The summed E-state index contributed by atoms with van der Waals surface area (Å²) in [6.07, 6.45) is 0.952. The summed E-state index contributed by atoms with van der Waals surface area (Å²) in [7, 11) is 1.70. The molecule has 1 aromatic rings. The van der Waals surface area contributed by atoms with E-state index in [0.29, 0.717) is 0 Å². The Balaban J connectivity index is 2.03. The molecule has 90 valence electrons. The molecular weight excluding hydrogens is 270 g/mol. The van der Waals surface area contributed by atoms with Gasteiger partial charge in [-0.15, -0.1) is 0 Å². The van der Waals surface area contributed by atoms with Crippen molar-refractivity contribution in [2.24, 2.45) is 0 Å². The maximum Gasteiger partial charge on any atom is 0.0639 e. The molecule has 0 spiro atoms. The molecule has 0 aliphatic carbocycles. The zero-order valence-corrected chi connectivity index (χ0v) is 11.1. The van der Waals surface area contributed by atoms with Crippen LogP contribution < -0.4 is 5.32 Å². The number of anilines is 1. The first-order valence-electron chi connectivity index (χ1n) is 5.39. The highest BCUT2D eigenvalue weighted by Gasteiger charge is 1.93. The molecule has 0 unspecified atom stereocenters. The van der Waals surface area contributed by atoms with Gasteiger partial charge in [-0.05, 0) is 24.6 Å². The van der Waals surface area contributed by atoms with E-state index in [9.17, 15) is 0 Å². The molecule has 0 heterocycles. The number of nitrogens with one attached hydrogen (secondary N) is 1. The molecule has 1 rings (SSSR count). The van der Waals surface area contributed by atoms with Crippen LogP contribution in [0.25, 0.3) is 0 Å². The van der Waals surface area contributed by atoms with Crippen LogP contribution in [0.3, 0.4) is 0 Å². The van der Waals surface area contributed by atoms with E-state index in [1.54, 1.807) is 7.11 Å². The Morgan fingerprint density at radius 1 is 1.25 bits per heavy atom. The highest BCUT2D eigenvalue weighted by Crippen LogP contribution is 2.15. The predicted octanol–water partition coefficient (Wildman–Crippen LogP) is 2.91. The van der Waals surface area contributed by atoms with Crippen molar-refractivity contribution < 1.29 is 9.47 Å². The molecule has 0 aliphatic rings. The molecule has 0 fully saturated rings. The van der Waals surface area contributed by atoms with Crippen LogP contribution >= 0.6 is 15.9 Å². The lowest BCUT2D eigenvalue weighted by molar-refractivity contribution is 0.109. The second-order valence-corrected chi connectivity index (χ2v) is 4.31. The molecule has 4 heteroatoms. The van der Waals surface area contributed by atoms with E-state index in [-0.39, 0.29) is 0 Å². The Bertz CT molecular complexity index is 294. The minimum atomic E-state index is 0.718. The van der Waals surface area contributed by atoms with E-state index in [4.69, 9.17) is 9.47 Å². The van der Waals surface area contributed by atoms with Crippen molar-refractivity contribution in [2.45, 2.75) is 6.42 Å². The predicted molar refractivity (Wildman–Crippen MR) is 69.9 cm³/mol. The fourth-order valence-electron chi connectivity index (χ4n) is 1.27. The quantitative estimate of drug-likeness (QED) is 0.746. The van der Waals surface area contributed by atoms with Crippen LogP contribution in [0.2, 0.25) is 0 Å². The van der Waals surface area contributed by atoms with Gasteiger partial charge in [-0.3, -0.25) is 0 Å². The lowest BCUT2D eigenvalue weighted by Crippen LogP contribution is -2.10. The van der Waals surface area contributed by atoms with Crippen molar-refractivity contribution in [3.05, 3.63) is 28.7 Å². The lowest BCUT2D eigenvalue weighted by atomic mass is 10.3. The maximum absolute atomic E-state index is 5.43. The van der Waals surface area contributed by atoms with E-state index < -0.39 is 0 Å². The van der Waals surface area contributed by atoms with Crippen molar-refractivity contribution in [3.8, 4) is 0 Å². The van der Waals surface area contributed by atoms with E-state index >= 15 is 0 Å². The molecule has 1 N–H and O–H groups in total. The number of halogens is 1. The topological polar surface area (TPSA) is 30.5 Å². The highest BCUT2D eigenvalue weighted by atomic mass is 79.9. The van der Waals surface area contributed by atoms with Gasteiger partial charge in [0.2, 0.25) is 0 Å². The van der Waals surface area contributed by atoms with Crippen LogP contribution in [0.15, 0.2) is 28.7 Å². The van der Waals surface area contributed by atoms with Crippen LogP contribution in [0.1, 0.15) is 6.42 Å². The minimum Gasteiger partial charge on any atom is -0.385 e. The Morgan fingerprint density at radius 3 is 2.88 bits per heavy atom. The van der Waals surface area contributed by atoms with Gasteiger partial charge in [0.1, 0.15) is 0 Å². The SMILES string of the molecule is COCCCOCCNc1cccc(Br)c1. The van der Waals surface area contributed by atoms with Gasteiger partial charge < -0.3 is 14.8 Å². The fourth-order valence-corrected chi connectivity index (χ4v) is 1.67. The van der Waals surface area contributed by atoms with Gasteiger partial charge in [0.15, 0.2) is 0 Å². The van der Waals surface area contributed by atoms with Gasteiger partial charge in [-0.1, -0.05) is 22.0 Å². The number of hydrogen-bond acceptors (Lipinski definition) is 3. The third-order valence-electron chi connectivity index (χ3n) is 2.04. The fraction of sp³-hybridized carbons (Fsp3) is 0.500. The summed E-state index contributed by atoms with van der Waals surface area (Å²) in [5.74, 6) is 0. The highest BCUT2D eigenvalue weighted by molar-refractivity contribution is 9.10. The normalized spacial score (nSPS) is 10.4. The van der Waals surface area contributed by atoms with Crippen LogP contribution in [0.4, 0.5) is 5.69 Å². The van der Waals surface area contributed by atoms with Gasteiger partial charge in [-0.2, -0.15) is 0 Å². The molecular formula is C12H18BrNO2. The Morgan fingerprint density at radius 2 is 2.12 bits per heavy atom. The second kappa shape index (κ2) is 8.56. The van der Waals surface area contributed by atoms with Crippen molar-refractivity contribution in [1.29, 1.82) is 0 Å². The summed E-state index contributed by atoms with van der Waals surface area (Å²) < 4.78 is 11.4. The minimum absolute atomic E-state index is 0.718. The number of hydrogen-bond donors (Lipinski definition) is 1. The number of methoxy groups -OCH3 is 1. The van der Waals surface area contributed by atoms with Crippen molar-refractivity contribution in [3.63, 3.8) is 0 Å². The van der Waals surface area contributed by atoms with Gasteiger partial charge in [0.05, 0.1) is 6.61 Å². The molecule has 0 saturated heterocycles. The molecule has 0 saturated carbocycles. The first-order valence-corrected chi connectivity index (χ1v) is 6.18. The summed E-state index contributed by atoms with van der Waals surface area (Å²) in [6, 6.07) is 8.10. The van der Waals surface area contributed by atoms with Crippen LogP contribution in [-0.2, 0) is 9.47 Å². The van der Waals surface area contributed by atoms with Crippen LogP contribution in [0, 0.1) is 0 Å². The first-order chi connectivity index (χ1) is 7.83. The molecule has 16 heavy (non-hydrogen) atoms. The Labute approximate surface area is 105 Å². The summed E-state index contributed by atoms with van der Waals surface area (Å²) in [5.41, 5.74) is 1.11. The summed E-state index contributed by atoms with van der Waals surface area (Å²) in [4.78, 5) is 0. The largest absolute Gasteiger partial charge is 0.385 e. The lowest BCUT2D eigenvalue weighted by Gasteiger charge is -2.07. The second-order valence-electron chi connectivity index (χ2n) is 3.40. The molecule has 0 bridgehead atoms. The molecule has 3 nitrogen and oxygen atoms in total. The Kier molecular flexibility index (Phi) is 7.21.